The van der Waals surface area contributed by atoms with Crippen LogP contribution < -0.4 is 5.32 Å². The molecule has 1 heterocycles. The molecular formula is C17H13ClN2O4. The molecule has 0 aromatic heterocycles. The van der Waals surface area contributed by atoms with Crippen LogP contribution in [0.4, 0.5) is 5.69 Å². The largest absolute Gasteiger partial charge is 0.506 e. The molecule has 0 spiro atoms. The van der Waals surface area contributed by atoms with Crippen LogP contribution in [0.15, 0.2) is 42.5 Å². The Morgan fingerprint density at radius 1 is 1.12 bits per heavy atom. The van der Waals surface area contributed by atoms with Crippen LogP contribution in [0.5, 0.6) is 5.75 Å². The van der Waals surface area contributed by atoms with Crippen LogP contribution in [0.25, 0.3) is 0 Å². The lowest BCUT2D eigenvalue weighted by molar-refractivity contribution is -0.119. The number of phenols is 1. The van der Waals surface area contributed by atoms with Crippen molar-refractivity contribution in [2.24, 2.45) is 0 Å². The van der Waals surface area contributed by atoms with E-state index in [-0.39, 0.29) is 22.6 Å². The van der Waals surface area contributed by atoms with E-state index >= 15 is 0 Å². The predicted octanol–water partition coefficient (Wildman–Crippen LogP) is 2.67. The lowest BCUT2D eigenvalue weighted by Gasteiger charge is -2.22. The fraction of sp³-hybridized carbons (Fsp3) is 0.118. The molecule has 24 heavy (non-hydrogen) atoms. The number of amides is 3. The van der Waals surface area contributed by atoms with Crippen molar-refractivity contribution in [3.8, 4) is 5.75 Å². The highest BCUT2D eigenvalue weighted by Gasteiger charge is 2.40. The Morgan fingerprint density at radius 2 is 1.71 bits per heavy atom. The number of hydrogen-bond donors (Lipinski definition) is 2. The van der Waals surface area contributed by atoms with Gasteiger partial charge in [0.1, 0.15) is 11.8 Å². The van der Waals surface area contributed by atoms with Crippen molar-refractivity contribution in [1.82, 2.24) is 4.90 Å². The van der Waals surface area contributed by atoms with Gasteiger partial charge in [0, 0.05) is 5.02 Å². The lowest BCUT2D eigenvalue weighted by atomic mass is 10.1. The molecule has 1 atom stereocenters. The van der Waals surface area contributed by atoms with E-state index in [0.717, 1.165) is 4.90 Å². The van der Waals surface area contributed by atoms with Gasteiger partial charge in [-0.25, -0.2) is 0 Å². The molecule has 0 saturated heterocycles. The molecule has 0 bridgehead atoms. The number of rotatable bonds is 3. The molecule has 3 amide bonds. The molecule has 0 aliphatic carbocycles. The van der Waals surface area contributed by atoms with Crippen molar-refractivity contribution in [2.45, 2.75) is 13.0 Å². The quantitative estimate of drug-likeness (QED) is 0.662. The van der Waals surface area contributed by atoms with Crippen LogP contribution in [-0.4, -0.2) is 33.8 Å². The predicted molar refractivity (Wildman–Crippen MR) is 88.2 cm³/mol. The van der Waals surface area contributed by atoms with Gasteiger partial charge in [0.25, 0.3) is 11.8 Å². The Kier molecular flexibility index (Phi) is 3.99. The smallest absolute Gasteiger partial charge is 0.262 e. The summed E-state index contributed by atoms with van der Waals surface area (Å²) in [4.78, 5) is 38.1. The van der Waals surface area contributed by atoms with Crippen molar-refractivity contribution in [2.75, 3.05) is 5.32 Å². The molecule has 7 heteroatoms. The first-order chi connectivity index (χ1) is 11.4. The summed E-state index contributed by atoms with van der Waals surface area (Å²) < 4.78 is 0. The number of halogens is 1. The van der Waals surface area contributed by atoms with Crippen LogP contribution in [0.1, 0.15) is 27.6 Å². The zero-order chi connectivity index (χ0) is 17.4. The molecule has 0 radical (unpaired) electrons. The number of imide groups is 1. The Morgan fingerprint density at radius 3 is 2.29 bits per heavy atom. The van der Waals surface area contributed by atoms with E-state index < -0.39 is 23.8 Å². The van der Waals surface area contributed by atoms with Gasteiger partial charge in [0.15, 0.2) is 0 Å². The molecule has 1 aliphatic heterocycles. The Labute approximate surface area is 142 Å². The summed E-state index contributed by atoms with van der Waals surface area (Å²) in [7, 11) is 0. The highest BCUT2D eigenvalue weighted by atomic mass is 35.5. The van der Waals surface area contributed by atoms with Gasteiger partial charge in [-0.1, -0.05) is 23.7 Å². The third-order valence-corrected chi connectivity index (χ3v) is 4.04. The van der Waals surface area contributed by atoms with Crippen LogP contribution >= 0.6 is 11.6 Å². The molecule has 3 rings (SSSR count). The summed E-state index contributed by atoms with van der Waals surface area (Å²) in [6.07, 6.45) is 0. The minimum absolute atomic E-state index is 0.107. The number of carbonyl (C=O) groups excluding carboxylic acids is 3. The van der Waals surface area contributed by atoms with Crippen LogP contribution in [0, 0.1) is 0 Å². The highest BCUT2D eigenvalue weighted by molar-refractivity contribution is 6.31. The van der Waals surface area contributed by atoms with Gasteiger partial charge in [-0.2, -0.15) is 0 Å². The third kappa shape index (κ3) is 2.61. The summed E-state index contributed by atoms with van der Waals surface area (Å²) in [5.74, 6) is -1.81. The van der Waals surface area contributed by atoms with Crippen molar-refractivity contribution in [3.05, 3.63) is 58.6 Å². The monoisotopic (exact) mass is 344 g/mol. The van der Waals surface area contributed by atoms with Gasteiger partial charge in [-0.15, -0.1) is 0 Å². The number of aromatic hydroxyl groups is 1. The summed E-state index contributed by atoms with van der Waals surface area (Å²) in [6, 6.07) is 9.54. The number of anilines is 1. The average molecular weight is 345 g/mol. The molecule has 2 N–H and O–H groups in total. The minimum Gasteiger partial charge on any atom is -0.506 e. The summed E-state index contributed by atoms with van der Waals surface area (Å²) in [5.41, 5.74) is 0.650. The first-order valence-corrected chi connectivity index (χ1v) is 7.54. The van der Waals surface area contributed by atoms with Gasteiger partial charge in [0.2, 0.25) is 5.91 Å². The van der Waals surface area contributed by atoms with Crippen LogP contribution in [0.2, 0.25) is 5.02 Å². The fourth-order valence-corrected chi connectivity index (χ4v) is 2.69. The normalized spacial score (nSPS) is 14.5. The van der Waals surface area contributed by atoms with E-state index in [4.69, 9.17) is 11.6 Å². The van der Waals surface area contributed by atoms with E-state index in [1.807, 2.05) is 0 Å². The first kappa shape index (κ1) is 16.0. The van der Waals surface area contributed by atoms with E-state index in [1.165, 1.54) is 25.1 Å². The summed E-state index contributed by atoms with van der Waals surface area (Å²) >= 11 is 5.83. The van der Waals surface area contributed by atoms with E-state index in [2.05, 4.69) is 5.32 Å². The molecule has 2 aromatic carbocycles. The fourth-order valence-electron chi connectivity index (χ4n) is 2.52. The number of phenolic OH excluding ortho intramolecular Hbond substituents is 1. The topological polar surface area (TPSA) is 86.7 Å². The second-order valence-electron chi connectivity index (χ2n) is 5.35. The molecule has 0 fully saturated rings. The highest BCUT2D eigenvalue weighted by Crippen LogP contribution is 2.28. The van der Waals surface area contributed by atoms with Gasteiger partial charge < -0.3 is 10.4 Å². The first-order valence-electron chi connectivity index (χ1n) is 7.16. The van der Waals surface area contributed by atoms with Crippen molar-refractivity contribution in [3.63, 3.8) is 0 Å². The number of nitrogens with zero attached hydrogens (tertiary/aromatic N) is 1. The molecule has 6 nitrogen and oxygen atoms in total. The van der Waals surface area contributed by atoms with Gasteiger partial charge in [-0.05, 0) is 37.3 Å². The molecule has 1 aliphatic rings. The molecule has 2 aromatic rings. The molecule has 1 unspecified atom stereocenters. The Bertz CT molecular complexity index is 830. The number of nitrogens with one attached hydrogen (secondary N) is 1. The van der Waals surface area contributed by atoms with Crippen LogP contribution in [-0.2, 0) is 4.79 Å². The summed E-state index contributed by atoms with van der Waals surface area (Å²) in [5, 5.41) is 12.6. The Balaban J connectivity index is 1.83. The van der Waals surface area contributed by atoms with Gasteiger partial charge in [-0.3, -0.25) is 19.3 Å². The second kappa shape index (κ2) is 5.98. The SMILES string of the molecule is CC(C(=O)Nc1cc(Cl)ccc1O)N1C(=O)c2ccccc2C1=O. The van der Waals surface area contributed by atoms with E-state index in [9.17, 15) is 19.5 Å². The molecule has 122 valence electrons. The van der Waals surface area contributed by atoms with E-state index in [0.29, 0.717) is 5.02 Å². The third-order valence-electron chi connectivity index (χ3n) is 3.81. The maximum absolute atomic E-state index is 12.4. The second-order valence-corrected chi connectivity index (χ2v) is 5.79. The minimum atomic E-state index is -1.05. The number of benzene rings is 2. The number of hydrogen-bond acceptors (Lipinski definition) is 4. The van der Waals surface area contributed by atoms with Crippen molar-refractivity contribution >= 4 is 35.0 Å². The van der Waals surface area contributed by atoms with E-state index in [1.54, 1.807) is 24.3 Å². The average Bonchev–Trinajstić information content (AvgIpc) is 2.82. The standard InChI is InChI=1S/C17H13ClN2O4/c1-9(15(22)19-13-8-10(18)6-7-14(13)21)20-16(23)11-4-2-3-5-12(11)17(20)24/h2-9,21H,1H3,(H,19,22). The molecule has 0 saturated carbocycles. The molecular weight excluding hydrogens is 332 g/mol. The zero-order valence-electron chi connectivity index (χ0n) is 12.6. The van der Waals surface area contributed by atoms with Crippen molar-refractivity contribution in [1.29, 1.82) is 0 Å². The zero-order valence-corrected chi connectivity index (χ0v) is 13.4. The number of fused-ring (bicyclic) bond motifs is 1. The summed E-state index contributed by atoms with van der Waals surface area (Å²) in [6.45, 7) is 1.44. The van der Waals surface area contributed by atoms with Gasteiger partial charge in [0.05, 0.1) is 16.8 Å². The lowest BCUT2D eigenvalue weighted by Crippen LogP contribution is -2.45. The maximum Gasteiger partial charge on any atom is 0.262 e. The van der Waals surface area contributed by atoms with Crippen LogP contribution in [0.3, 0.4) is 0 Å². The van der Waals surface area contributed by atoms with Gasteiger partial charge >= 0.3 is 0 Å². The Hall–Kier alpha value is -2.86. The number of carbonyl (C=O) groups is 3. The van der Waals surface area contributed by atoms with Crippen molar-refractivity contribution < 1.29 is 19.5 Å². The maximum atomic E-state index is 12.4.